The maximum atomic E-state index is 5.78. The minimum Gasteiger partial charge on any atom is -0.237 e. The Balaban J connectivity index is 2.48. The van der Waals surface area contributed by atoms with Crippen LogP contribution in [0.2, 0.25) is 5.02 Å². The maximum Gasteiger partial charge on any atom is 0.154 e. The first kappa shape index (κ1) is 7.31. The largest absolute Gasteiger partial charge is 0.237 e. The van der Waals surface area contributed by atoms with Gasteiger partial charge in [-0.1, -0.05) is 11.6 Å². The van der Waals surface area contributed by atoms with Crippen LogP contribution in [-0.4, -0.2) is 14.8 Å². The Labute approximate surface area is 74.6 Å². The van der Waals surface area contributed by atoms with Crippen LogP contribution in [-0.2, 0) is 0 Å². The predicted molar refractivity (Wildman–Crippen MR) is 46.4 cm³/mol. The Morgan fingerprint density at radius 3 is 2.92 bits per heavy atom. The molecule has 0 N–H and O–H groups in total. The molecule has 0 bridgehead atoms. The van der Waals surface area contributed by atoms with E-state index in [1.165, 1.54) is 0 Å². The third kappa shape index (κ3) is 1.31. The molecule has 60 valence electrons. The fourth-order valence-corrected chi connectivity index (χ4v) is 1.08. The SMILES string of the molecule is Clc1ccnc(-n2cccn2)c1. The molecule has 0 saturated heterocycles. The van der Waals surface area contributed by atoms with Gasteiger partial charge in [-0.15, -0.1) is 0 Å². The van der Waals surface area contributed by atoms with Gasteiger partial charge in [0.15, 0.2) is 5.82 Å². The molecule has 0 aliphatic rings. The van der Waals surface area contributed by atoms with E-state index in [0.29, 0.717) is 5.02 Å². The van der Waals surface area contributed by atoms with Gasteiger partial charge in [-0.2, -0.15) is 5.10 Å². The molecule has 2 aromatic rings. The van der Waals surface area contributed by atoms with Gasteiger partial charge in [0.2, 0.25) is 0 Å². The first-order valence-electron chi connectivity index (χ1n) is 3.48. The Morgan fingerprint density at radius 2 is 2.25 bits per heavy atom. The molecule has 0 atom stereocenters. The number of rotatable bonds is 1. The molecule has 3 nitrogen and oxygen atoms in total. The van der Waals surface area contributed by atoms with E-state index in [4.69, 9.17) is 11.6 Å². The number of nitrogens with zero attached hydrogens (tertiary/aromatic N) is 3. The number of pyridine rings is 1. The second-order valence-corrected chi connectivity index (χ2v) is 2.72. The van der Waals surface area contributed by atoms with Gasteiger partial charge in [0, 0.05) is 29.7 Å². The Hall–Kier alpha value is -1.35. The molecule has 2 aromatic heterocycles. The molecule has 4 heteroatoms. The molecule has 0 unspecified atom stereocenters. The third-order valence-electron chi connectivity index (χ3n) is 1.45. The van der Waals surface area contributed by atoms with Crippen molar-refractivity contribution in [2.75, 3.05) is 0 Å². The van der Waals surface area contributed by atoms with Crippen molar-refractivity contribution in [1.29, 1.82) is 0 Å². The molecule has 0 saturated carbocycles. The van der Waals surface area contributed by atoms with E-state index in [0.717, 1.165) is 5.82 Å². The summed E-state index contributed by atoms with van der Waals surface area (Å²) in [5.74, 6) is 0.729. The Kier molecular flexibility index (Phi) is 1.80. The zero-order valence-corrected chi connectivity index (χ0v) is 6.94. The van der Waals surface area contributed by atoms with Crippen LogP contribution in [0.3, 0.4) is 0 Å². The summed E-state index contributed by atoms with van der Waals surface area (Å²) >= 11 is 5.78. The molecular formula is C8H6ClN3. The van der Waals surface area contributed by atoms with Crippen molar-refractivity contribution in [3.8, 4) is 5.82 Å². The Morgan fingerprint density at radius 1 is 1.33 bits per heavy atom. The minimum atomic E-state index is 0.663. The lowest BCUT2D eigenvalue weighted by Gasteiger charge is -1.98. The van der Waals surface area contributed by atoms with E-state index in [9.17, 15) is 0 Å². The molecule has 0 aliphatic heterocycles. The first-order valence-corrected chi connectivity index (χ1v) is 3.85. The van der Waals surface area contributed by atoms with Crippen molar-refractivity contribution in [2.45, 2.75) is 0 Å². The summed E-state index contributed by atoms with van der Waals surface area (Å²) in [6.45, 7) is 0. The van der Waals surface area contributed by atoms with E-state index >= 15 is 0 Å². The zero-order chi connectivity index (χ0) is 8.39. The maximum absolute atomic E-state index is 5.78. The molecule has 0 radical (unpaired) electrons. The third-order valence-corrected chi connectivity index (χ3v) is 1.68. The van der Waals surface area contributed by atoms with Crippen LogP contribution in [0.4, 0.5) is 0 Å². The lowest BCUT2D eigenvalue weighted by Crippen LogP contribution is -1.96. The highest BCUT2D eigenvalue weighted by atomic mass is 35.5. The van der Waals surface area contributed by atoms with Crippen molar-refractivity contribution < 1.29 is 0 Å². The topological polar surface area (TPSA) is 30.7 Å². The van der Waals surface area contributed by atoms with Gasteiger partial charge < -0.3 is 0 Å². The predicted octanol–water partition coefficient (Wildman–Crippen LogP) is 1.92. The van der Waals surface area contributed by atoms with Crippen LogP contribution in [0.15, 0.2) is 36.8 Å². The molecule has 2 heterocycles. The van der Waals surface area contributed by atoms with Crippen molar-refractivity contribution in [1.82, 2.24) is 14.8 Å². The van der Waals surface area contributed by atoms with E-state index < -0.39 is 0 Å². The molecule has 12 heavy (non-hydrogen) atoms. The van der Waals surface area contributed by atoms with E-state index in [1.807, 2.05) is 12.3 Å². The van der Waals surface area contributed by atoms with Crippen LogP contribution in [0.5, 0.6) is 0 Å². The number of hydrogen-bond acceptors (Lipinski definition) is 2. The summed E-state index contributed by atoms with van der Waals surface area (Å²) in [7, 11) is 0. The van der Waals surface area contributed by atoms with Gasteiger partial charge in [-0.25, -0.2) is 9.67 Å². The highest BCUT2D eigenvalue weighted by Crippen LogP contribution is 2.10. The molecule has 0 spiro atoms. The normalized spacial score (nSPS) is 10.1. The highest BCUT2D eigenvalue weighted by molar-refractivity contribution is 6.30. The van der Waals surface area contributed by atoms with Crippen LogP contribution in [0.25, 0.3) is 5.82 Å². The number of aromatic nitrogens is 3. The standard InChI is InChI=1S/C8H6ClN3/c9-7-2-4-10-8(6-7)12-5-1-3-11-12/h1-6H. The summed E-state index contributed by atoms with van der Waals surface area (Å²) < 4.78 is 1.66. The summed E-state index contributed by atoms with van der Waals surface area (Å²) in [5.41, 5.74) is 0. The summed E-state index contributed by atoms with van der Waals surface area (Å²) in [5, 5.41) is 4.69. The van der Waals surface area contributed by atoms with E-state index in [-0.39, 0.29) is 0 Å². The summed E-state index contributed by atoms with van der Waals surface area (Å²) in [6, 6.07) is 5.33. The van der Waals surface area contributed by atoms with Crippen LogP contribution >= 0.6 is 11.6 Å². The summed E-state index contributed by atoms with van der Waals surface area (Å²) in [6.07, 6.45) is 5.17. The van der Waals surface area contributed by atoms with Crippen molar-refractivity contribution in [3.63, 3.8) is 0 Å². The smallest absolute Gasteiger partial charge is 0.154 e. The molecule has 0 aliphatic carbocycles. The molecule has 2 rings (SSSR count). The summed E-state index contributed by atoms with van der Waals surface area (Å²) in [4.78, 5) is 4.10. The van der Waals surface area contributed by atoms with Crippen molar-refractivity contribution in [2.24, 2.45) is 0 Å². The van der Waals surface area contributed by atoms with Crippen LogP contribution in [0.1, 0.15) is 0 Å². The lowest BCUT2D eigenvalue weighted by molar-refractivity contribution is 0.847. The van der Waals surface area contributed by atoms with Gasteiger partial charge in [-0.3, -0.25) is 0 Å². The Bertz CT molecular complexity index is 370. The van der Waals surface area contributed by atoms with E-state index in [2.05, 4.69) is 10.1 Å². The average molecular weight is 180 g/mol. The fourth-order valence-electron chi connectivity index (χ4n) is 0.923. The minimum absolute atomic E-state index is 0.663. The van der Waals surface area contributed by atoms with E-state index in [1.54, 1.807) is 29.2 Å². The van der Waals surface area contributed by atoms with Crippen molar-refractivity contribution in [3.05, 3.63) is 41.8 Å². The fraction of sp³-hybridized carbons (Fsp3) is 0. The quantitative estimate of drug-likeness (QED) is 0.670. The van der Waals surface area contributed by atoms with Gasteiger partial charge in [-0.05, 0) is 12.1 Å². The van der Waals surface area contributed by atoms with Gasteiger partial charge in [0.25, 0.3) is 0 Å². The first-order chi connectivity index (χ1) is 5.86. The molecular weight excluding hydrogens is 174 g/mol. The molecule has 0 amide bonds. The van der Waals surface area contributed by atoms with Crippen LogP contribution in [0, 0.1) is 0 Å². The second kappa shape index (κ2) is 2.95. The number of halogens is 1. The molecule has 0 aromatic carbocycles. The van der Waals surface area contributed by atoms with Crippen LogP contribution < -0.4 is 0 Å². The average Bonchev–Trinajstić information content (AvgIpc) is 2.56. The van der Waals surface area contributed by atoms with Gasteiger partial charge in [0.05, 0.1) is 0 Å². The van der Waals surface area contributed by atoms with Gasteiger partial charge in [0.1, 0.15) is 0 Å². The van der Waals surface area contributed by atoms with Gasteiger partial charge >= 0.3 is 0 Å². The van der Waals surface area contributed by atoms with Crippen molar-refractivity contribution >= 4 is 11.6 Å². The number of hydrogen-bond donors (Lipinski definition) is 0. The second-order valence-electron chi connectivity index (χ2n) is 2.28. The monoisotopic (exact) mass is 179 g/mol. The zero-order valence-electron chi connectivity index (χ0n) is 6.18. The lowest BCUT2D eigenvalue weighted by atomic mass is 10.5. The molecule has 0 fully saturated rings. The highest BCUT2D eigenvalue weighted by Gasteiger charge is 1.96.